The molecule has 0 amide bonds. The van der Waals surface area contributed by atoms with Crippen LogP contribution in [0.25, 0.3) is 28.2 Å². The normalized spacial score (nSPS) is 25.4. The lowest BCUT2D eigenvalue weighted by atomic mass is 9.55. The van der Waals surface area contributed by atoms with Gasteiger partial charge >= 0.3 is 0 Å². The van der Waals surface area contributed by atoms with E-state index in [1.54, 1.807) is 11.1 Å². The molecule has 0 spiro atoms. The Balaban J connectivity index is 1.34. The first kappa shape index (κ1) is 24.6. The molecule has 3 fully saturated rings. The predicted octanol–water partition coefficient (Wildman–Crippen LogP) is 10.0. The summed E-state index contributed by atoms with van der Waals surface area (Å²) in [5.41, 5.74) is 14.7. The van der Waals surface area contributed by atoms with E-state index in [1.807, 2.05) is 0 Å². The van der Waals surface area contributed by atoms with Crippen LogP contribution in [0.2, 0.25) is 0 Å². The highest BCUT2D eigenvalue weighted by Crippen LogP contribution is 2.69. The summed E-state index contributed by atoms with van der Waals surface area (Å²) in [4.78, 5) is 5.48. The van der Waals surface area contributed by atoms with Gasteiger partial charge in [-0.05, 0) is 98.7 Å². The topological polar surface area (TPSA) is 17.8 Å². The Bertz CT molecular complexity index is 1600. The van der Waals surface area contributed by atoms with E-state index >= 15 is 0 Å². The molecule has 0 saturated heterocycles. The largest absolute Gasteiger partial charge is 0.299 e. The number of aryl methyl sites for hydroxylation is 3. The van der Waals surface area contributed by atoms with Crippen LogP contribution in [0.3, 0.4) is 0 Å². The van der Waals surface area contributed by atoms with Crippen LogP contribution in [-0.4, -0.2) is 9.55 Å². The molecule has 3 saturated carbocycles. The SMILES string of the molecule is Cc1cc(C)c(-n2cc(C3CCCCC3)nc2-c2ccc3c(c2)-c2ccccc2C24CCCC32CCC4)c(C)c1. The van der Waals surface area contributed by atoms with Crippen molar-refractivity contribution in [1.82, 2.24) is 9.55 Å². The zero-order chi connectivity index (χ0) is 27.1. The van der Waals surface area contributed by atoms with Crippen LogP contribution in [-0.2, 0) is 10.8 Å². The maximum atomic E-state index is 5.48. The van der Waals surface area contributed by atoms with Gasteiger partial charge in [0.05, 0.1) is 11.4 Å². The summed E-state index contributed by atoms with van der Waals surface area (Å²) in [6.45, 7) is 6.74. The lowest BCUT2D eigenvalue weighted by Gasteiger charge is -2.48. The highest BCUT2D eigenvalue weighted by Gasteiger charge is 2.62. The summed E-state index contributed by atoms with van der Waals surface area (Å²) in [5.74, 6) is 1.69. The molecule has 40 heavy (non-hydrogen) atoms. The number of aromatic nitrogens is 2. The van der Waals surface area contributed by atoms with Crippen LogP contribution >= 0.6 is 0 Å². The van der Waals surface area contributed by atoms with E-state index in [9.17, 15) is 0 Å². The highest BCUT2D eigenvalue weighted by molar-refractivity contribution is 5.82. The van der Waals surface area contributed by atoms with Crippen molar-refractivity contribution in [3.63, 3.8) is 0 Å². The first-order chi connectivity index (χ1) is 19.5. The van der Waals surface area contributed by atoms with Crippen LogP contribution < -0.4 is 0 Å². The monoisotopic (exact) mass is 526 g/mol. The number of rotatable bonds is 3. The Morgan fingerprint density at radius 1 is 0.700 bits per heavy atom. The van der Waals surface area contributed by atoms with E-state index in [0.717, 1.165) is 5.82 Å². The van der Waals surface area contributed by atoms with Gasteiger partial charge < -0.3 is 0 Å². The maximum absolute atomic E-state index is 5.48. The molecule has 1 aromatic heterocycles. The smallest absolute Gasteiger partial charge is 0.144 e. The Hall–Kier alpha value is -3.13. The molecule has 1 heterocycles. The van der Waals surface area contributed by atoms with Crippen LogP contribution in [0.4, 0.5) is 0 Å². The Kier molecular flexibility index (Phi) is 5.51. The van der Waals surface area contributed by atoms with Crippen molar-refractivity contribution in [2.24, 2.45) is 0 Å². The highest BCUT2D eigenvalue weighted by atomic mass is 15.1. The van der Waals surface area contributed by atoms with E-state index < -0.39 is 0 Å². The van der Waals surface area contributed by atoms with Gasteiger partial charge in [0.25, 0.3) is 0 Å². The van der Waals surface area contributed by atoms with Gasteiger partial charge in [-0.3, -0.25) is 4.57 Å². The summed E-state index contributed by atoms with van der Waals surface area (Å²) in [5, 5.41) is 0. The molecule has 2 heteroatoms. The third-order valence-corrected chi connectivity index (χ3v) is 11.5. The molecule has 4 aliphatic rings. The van der Waals surface area contributed by atoms with E-state index in [1.165, 1.54) is 115 Å². The molecule has 0 bridgehead atoms. The van der Waals surface area contributed by atoms with Gasteiger partial charge in [-0.15, -0.1) is 0 Å². The Labute approximate surface area is 239 Å². The molecule has 8 rings (SSSR count). The summed E-state index contributed by atoms with van der Waals surface area (Å²) in [7, 11) is 0. The number of imidazole rings is 1. The van der Waals surface area contributed by atoms with Gasteiger partial charge in [0.1, 0.15) is 5.82 Å². The van der Waals surface area contributed by atoms with Crippen molar-refractivity contribution >= 4 is 0 Å². The fourth-order valence-corrected chi connectivity index (χ4v) is 10.0. The van der Waals surface area contributed by atoms with Crippen molar-refractivity contribution in [1.29, 1.82) is 0 Å². The molecule has 4 aromatic rings. The van der Waals surface area contributed by atoms with Crippen molar-refractivity contribution in [3.8, 4) is 28.2 Å². The molecule has 0 unspecified atom stereocenters. The average molecular weight is 527 g/mol. The zero-order valence-corrected chi connectivity index (χ0v) is 24.5. The van der Waals surface area contributed by atoms with Crippen molar-refractivity contribution in [3.05, 3.63) is 94.3 Å². The van der Waals surface area contributed by atoms with Crippen molar-refractivity contribution < 1.29 is 0 Å². The molecular formula is C38H42N2. The Morgan fingerprint density at radius 3 is 2.05 bits per heavy atom. The van der Waals surface area contributed by atoms with Crippen LogP contribution in [0, 0.1) is 20.8 Å². The van der Waals surface area contributed by atoms with E-state index in [2.05, 4.69) is 86.1 Å². The number of hydrogen-bond acceptors (Lipinski definition) is 1. The first-order valence-corrected chi connectivity index (χ1v) is 15.9. The van der Waals surface area contributed by atoms with Crippen molar-refractivity contribution in [2.75, 3.05) is 0 Å². The molecule has 3 aromatic carbocycles. The summed E-state index contributed by atoms with van der Waals surface area (Å²) in [6, 6.07) is 21.5. The average Bonchev–Trinajstić information content (AvgIpc) is 3.66. The molecule has 2 nitrogen and oxygen atoms in total. The van der Waals surface area contributed by atoms with E-state index in [4.69, 9.17) is 4.98 Å². The maximum Gasteiger partial charge on any atom is 0.144 e. The molecule has 0 radical (unpaired) electrons. The zero-order valence-electron chi connectivity index (χ0n) is 24.5. The summed E-state index contributed by atoms with van der Waals surface area (Å²) in [6.07, 6.45) is 17.1. The number of nitrogens with zero attached hydrogens (tertiary/aromatic N) is 2. The molecule has 0 N–H and O–H groups in total. The fraction of sp³-hybridized carbons (Fsp3) is 0.447. The number of hydrogen-bond donors (Lipinski definition) is 0. The van der Waals surface area contributed by atoms with Crippen molar-refractivity contribution in [2.45, 2.75) is 108 Å². The van der Waals surface area contributed by atoms with E-state index in [-0.39, 0.29) is 0 Å². The van der Waals surface area contributed by atoms with Gasteiger partial charge in [-0.1, -0.05) is 86.2 Å². The molecule has 204 valence electrons. The standard InChI is InChI=1S/C38H42N2/c1-25-21-26(2)35(27(3)22-25)40-24-34(28-11-5-4-6-12-28)39-36(40)29-15-16-33-31(23-29)30-13-7-8-14-32(30)37-17-9-19-38(33,37)20-10-18-37/h7-8,13-16,21-24,28H,4-6,9-12,17-20H2,1-3H3. The lowest BCUT2D eigenvalue weighted by Crippen LogP contribution is -2.43. The molecule has 4 aliphatic carbocycles. The van der Waals surface area contributed by atoms with Crippen LogP contribution in [0.15, 0.2) is 60.8 Å². The first-order valence-electron chi connectivity index (χ1n) is 15.9. The Morgan fingerprint density at radius 2 is 1.35 bits per heavy atom. The minimum atomic E-state index is 0.321. The number of fused-ring (bicyclic) bond motifs is 3. The van der Waals surface area contributed by atoms with Gasteiger partial charge in [0.15, 0.2) is 0 Å². The van der Waals surface area contributed by atoms with Gasteiger partial charge in [-0.2, -0.15) is 0 Å². The minimum Gasteiger partial charge on any atom is -0.299 e. The quantitative estimate of drug-likeness (QED) is 0.260. The minimum absolute atomic E-state index is 0.321. The van der Waals surface area contributed by atoms with Crippen LogP contribution in [0.5, 0.6) is 0 Å². The second kappa shape index (κ2) is 8.93. The number of benzene rings is 3. The summed E-state index contributed by atoms with van der Waals surface area (Å²) < 4.78 is 2.44. The molecule has 0 aliphatic heterocycles. The predicted molar refractivity (Wildman–Crippen MR) is 166 cm³/mol. The summed E-state index contributed by atoms with van der Waals surface area (Å²) >= 11 is 0. The second-order valence-electron chi connectivity index (χ2n) is 13.6. The van der Waals surface area contributed by atoms with Crippen LogP contribution in [0.1, 0.15) is 110 Å². The molecule has 0 atom stereocenters. The second-order valence-corrected chi connectivity index (χ2v) is 13.6. The van der Waals surface area contributed by atoms with Gasteiger partial charge in [-0.25, -0.2) is 4.98 Å². The fourth-order valence-electron chi connectivity index (χ4n) is 10.0. The third kappa shape index (κ3) is 3.31. The molecular weight excluding hydrogens is 484 g/mol. The third-order valence-electron chi connectivity index (χ3n) is 11.5. The van der Waals surface area contributed by atoms with Gasteiger partial charge in [0.2, 0.25) is 0 Å². The van der Waals surface area contributed by atoms with E-state index in [0.29, 0.717) is 16.7 Å². The lowest BCUT2D eigenvalue weighted by molar-refractivity contribution is 0.299. The van der Waals surface area contributed by atoms with Gasteiger partial charge in [0, 0.05) is 28.5 Å².